The number of unbranched alkanes of at least 4 members (excludes halogenated alkanes) is 5. The van der Waals surface area contributed by atoms with Crippen molar-refractivity contribution in [1.82, 2.24) is 44.5 Å². The molecule has 0 radical (unpaired) electrons. The number of thiazole rings is 1. The number of benzene rings is 1. The Morgan fingerprint density at radius 2 is 1.48 bits per heavy atom. The number of likely N-dealkylation sites (tertiary alicyclic amines) is 1. The van der Waals surface area contributed by atoms with E-state index in [9.17, 15) is 38.0 Å². The van der Waals surface area contributed by atoms with E-state index in [1.54, 1.807) is 37.0 Å². The lowest BCUT2D eigenvalue weighted by atomic mass is 9.83. The number of likely N-dealkylation sites (N-methyl/N-ethyl adjacent to an activating group) is 1. The Bertz CT molecular complexity index is 3090. The second-order valence-corrected chi connectivity index (χ2v) is 23.4. The molecule has 80 heavy (non-hydrogen) atoms. The van der Waals surface area contributed by atoms with Crippen LogP contribution in [0.1, 0.15) is 196 Å². The molecule has 3 atom stereocenters. The van der Waals surface area contributed by atoms with Gasteiger partial charge in [0, 0.05) is 86.9 Å². The molecular formula is C61H77FN10O7S. The first-order valence-corrected chi connectivity index (χ1v) is 30.1. The number of piperazine rings is 1. The van der Waals surface area contributed by atoms with Crippen LogP contribution in [0.4, 0.5) is 10.1 Å². The molecule has 6 heterocycles. The van der Waals surface area contributed by atoms with E-state index in [0.717, 1.165) is 113 Å². The maximum absolute atomic E-state index is 14.5. The van der Waals surface area contributed by atoms with Crippen molar-refractivity contribution in [1.29, 1.82) is 0 Å². The SMILES string of the molecule is CC(=O)c1c(C)c2cnc(Cc3ccc(N4CCN(C(=O)CCCCCCCCC(=O)N(C)[C@@H](C)C(=O)N[C@H](C(=O)N5CCC[C@H]5c5nc(C(=O)c6ccc(F)cc6)cs5)C5CCCCC5)CC4)cn3)nc2n(C2CCCC2)c1=O. The van der Waals surface area contributed by atoms with Crippen molar-refractivity contribution in [2.75, 3.05) is 44.7 Å². The molecule has 2 saturated heterocycles. The van der Waals surface area contributed by atoms with Gasteiger partial charge < -0.3 is 24.9 Å². The highest BCUT2D eigenvalue weighted by molar-refractivity contribution is 7.10. The third kappa shape index (κ3) is 13.5. The maximum Gasteiger partial charge on any atom is 0.263 e. The number of pyridine rings is 2. The van der Waals surface area contributed by atoms with Crippen LogP contribution in [0.25, 0.3) is 11.0 Å². The van der Waals surface area contributed by atoms with Crippen LogP contribution in [-0.2, 0) is 25.6 Å². The molecule has 2 saturated carbocycles. The number of Topliss-reactive ketones (excluding diaryl/α,β-unsaturated/α-hetero) is 1. The highest BCUT2D eigenvalue weighted by Crippen LogP contribution is 2.37. The normalized spacial score (nSPS) is 17.9. The van der Waals surface area contributed by atoms with Gasteiger partial charge in [-0.15, -0.1) is 11.3 Å². The molecule has 4 aromatic heterocycles. The number of hydrogen-bond donors (Lipinski definition) is 1. The summed E-state index contributed by atoms with van der Waals surface area (Å²) in [5.41, 5.74) is 3.54. The Labute approximate surface area is 472 Å². The molecule has 1 aromatic carbocycles. The third-order valence-corrected chi connectivity index (χ3v) is 18.1. The number of fused-ring (bicyclic) bond motifs is 1. The molecule has 4 fully saturated rings. The molecule has 0 unspecified atom stereocenters. The summed E-state index contributed by atoms with van der Waals surface area (Å²) in [5, 5.41) is 6.18. The number of carbonyl (C=O) groups excluding carboxylic acids is 6. The van der Waals surface area contributed by atoms with Gasteiger partial charge in [-0.25, -0.2) is 19.3 Å². The summed E-state index contributed by atoms with van der Waals surface area (Å²) in [7, 11) is 1.65. The number of nitrogens with zero attached hydrogens (tertiary/aromatic N) is 9. The van der Waals surface area contributed by atoms with Gasteiger partial charge in [0.15, 0.2) is 5.78 Å². The molecule has 426 valence electrons. The highest BCUT2D eigenvalue weighted by Gasteiger charge is 2.41. The number of amides is 4. The van der Waals surface area contributed by atoms with Crippen LogP contribution in [0, 0.1) is 18.7 Å². The van der Waals surface area contributed by atoms with E-state index >= 15 is 0 Å². The predicted octanol–water partition coefficient (Wildman–Crippen LogP) is 9.28. The minimum atomic E-state index is -0.774. The van der Waals surface area contributed by atoms with Crippen molar-refractivity contribution in [2.45, 2.75) is 173 Å². The molecule has 4 amide bonds. The smallest absolute Gasteiger partial charge is 0.263 e. The Balaban J connectivity index is 0.669. The summed E-state index contributed by atoms with van der Waals surface area (Å²) in [4.78, 5) is 121. The zero-order valence-electron chi connectivity index (χ0n) is 46.9. The van der Waals surface area contributed by atoms with Crippen LogP contribution in [0.3, 0.4) is 0 Å². The van der Waals surface area contributed by atoms with Crippen LogP contribution in [0.2, 0.25) is 0 Å². The number of ketones is 2. The van der Waals surface area contributed by atoms with Gasteiger partial charge >= 0.3 is 0 Å². The van der Waals surface area contributed by atoms with Crippen LogP contribution in [0.5, 0.6) is 0 Å². The molecule has 4 aliphatic rings. The van der Waals surface area contributed by atoms with Crippen LogP contribution in [-0.4, -0.2) is 126 Å². The maximum atomic E-state index is 14.5. The van der Waals surface area contributed by atoms with Gasteiger partial charge in [-0.05, 0) is 120 Å². The van der Waals surface area contributed by atoms with Gasteiger partial charge in [0.05, 0.1) is 29.9 Å². The lowest BCUT2D eigenvalue weighted by Gasteiger charge is -2.36. The van der Waals surface area contributed by atoms with E-state index < -0.39 is 17.9 Å². The number of hydrogen-bond acceptors (Lipinski definition) is 13. The summed E-state index contributed by atoms with van der Waals surface area (Å²) >= 11 is 1.33. The van der Waals surface area contributed by atoms with Crippen LogP contribution >= 0.6 is 11.3 Å². The minimum Gasteiger partial charge on any atom is -0.367 e. The first-order valence-electron chi connectivity index (χ1n) is 29.2. The number of rotatable bonds is 22. The van der Waals surface area contributed by atoms with E-state index in [1.165, 1.54) is 47.4 Å². The van der Waals surface area contributed by atoms with Crippen molar-refractivity contribution in [3.05, 3.63) is 109 Å². The van der Waals surface area contributed by atoms with Gasteiger partial charge in [-0.3, -0.25) is 43.1 Å². The fraction of sp³-hybridized carbons (Fsp3) is 0.557. The van der Waals surface area contributed by atoms with E-state index in [2.05, 4.69) is 20.2 Å². The van der Waals surface area contributed by atoms with Crippen LogP contribution < -0.4 is 15.8 Å². The zero-order chi connectivity index (χ0) is 56.5. The first kappa shape index (κ1) is 57.9. The zero-order valence-corrected chi connectivity index (χ0v) is 47.7. The van der Waals surface area contributed by atoms with Gasteiger partial charge in [0.25, 0.3) is 5.56 Å². The Morgan fingerprint density at radius 1 is 0.787 bits per heavy atom. The predicted molar refractivity (Wildman–Crippen MR) is 305 cm³/mol. The van der Waals surface area contributed by atoms with Crippen molar-refractivity contribution in [3.63, 3.8) is 0 Å². The molecule has 1 N–H and O–H groups in total. The lowest BCUT2D eigenvalue weighted by Crippen LogP contribution is -2.56. The summed E-state index contributed by atoms with van der Waals surface area (Å²) in [6, 6.07) is 7.56. The molecule has 2 aliphatic heterocycles. The van der Waals surface area contributed by atoms with Gasteiger partial charge in [0.1, 0.15) is 40.1 Å². The Morgan fingerprint density at radius 3 is 2.16 bits per heavy atom. The molecule has 17 nitrogen and oxygen atoms in total. The van der Waals surface area contributed by atoms with Gasteiger partial charge in [-0.2, -0.15) is 0 Å². The Hall–Kier alpha value is -6.76. The van der Waals surface area contributed by atoms with Gasteiger partial charge in [0.2, 0.25) is 29.4 Å². The van der Waals surface area contributed by atoms with E-state index in [1.807, 2.05) is 28.1 Å². The number of nitrogens with one attached hydrogen (secondary N) is 1. The molecule has 0 spiro atoms. The fourth-order valence-corrected chi connectivity index (χ4v) is 13.3. The number of aryl methyl sites for hydroxylation is 1. The van der Waals surface area contributed by atoms with Crippen molar-refractivity contribution < 1.29 is 33.2 Å². The van der Waals surface area contributed by atoms with Crippen molar-refractivity contribution in [3.8, 4) is 0 Å². The summed E-state index contributed by atoms with van der Waals surface area (Å²) in [5.74, 6) is -0.906. The average molecular weight is 1110 g/mol. The van der Waals surface area contributed by atoms with Crippen molar-refractivity contribution in [2.24, 2.45) is 5.92 Å². The molecule has 19 heteroatoms. The molecule has 2 aliphatic carbocycles. The third-order valence-electron chi connectivity index (χ3n) is 17.2. The average Bonchev–Trinajstić information content (AvgIpc) is 4.34. The fourth-order valence-electron chi connectivity index (χ4n) is 12.3. The number of anilines is 1. The molecule has 9 rings (SSSR count). The van der Waals surface area contributed by atoms with Gasteiger partial charge in [-0.1, -0.05) is 57.8 Å². The Kier molecular flexibility index (Phi) is 19.3. The molecule has 5 aromatic rings. The molecule has 0 bridgehead atoms. The highest BCUT2D eigenvalue weighted by atomic mass is 32.1. The number of aromatic nitrogens is 5. The van der Waals surface area contributed by atoms with E-state index in [4.69, 9.17) is 9.97 Å². The standard InChI is InChI=1S/C61H77FN10O7S/c1-39-48-37-64-51(66-57(48)72(46-19-14-15-20-46)60(78)54(39)41(3)73)35-45-28-29-47(36-63-45)69-31-33-70(34-32-69)53(75)23-13-8-6-5-7-12-22-52(74)68(4)40(2)58(77)67-55(42-17-10-9-11-18-42)61(79)71-30-16-21-50(71)59-65-49(38-80-59)56(76)43-24-26-44(62)27-25-43/h24-29,36-38,40,42,46,50,55H,5-23,30-35H2,1-4H3,(H,67,77)/t40-,50-,55-/m0/s1. The topological polar surface area (TPSA) is 201 Å². The molecular weight excluding hydrogens is 1040 g/mol. The summed E-state index contributed by atoms with van der Waals surface area (Å²) in [6.07, 6.45) is 20.0. The summed E-state index contributed by atoms with van der Waals surface area (Å²) < 4.78 is 15.3. The monoisotopic (exact) mass is 1110 g/mol. The van der Waals surface area contributed by atoms with E-state index in [0.29, 0.717) is 92.4 Å². The summed E-state index contributed by atoms with van der Waals surface area (Å²) in [6.45, 7) is 8.16. The second-order valence-electron chi connectivity index (χ2n) is 22.5. The van der Waals surface area contributed by atoms with Crippen LogP contribution in [0.15, 0.2) is 59.0 Å². The van der Waals surface area contributed by atoms with E-state index in [-0.39, 0.29) is 70.0 Å². The quantitative estimate of drug-likeness (QED) is 0.0509. The number of halogens is 1. The second kappa shape index (κ2) is 26.7. The van der Waals surface area contributed by atoms with Crippen molar-refractivity contribution >= 4 is 63.3 Å². The minimum absolute atomic E-state index is 0.0130. The largest absolute Gasteiger partial charge is 0.367 e. The number of carbonyl (C=O) groups is 6. The lowest BCUT2D eigenvalue weighted by molar-refractivity contribution is -0.142. The first-order chi connectivity index (χ1) is 38.7.